The number of sulfonamides is 1. The van der Waals surface area contributed by atoms with Crippen LogP contribution < -0.4 is 9.62 Å². The van der Waals surface area contributed by atoms with Gasteiger partial charge in [0, 0.05) is 16.3 Å². The first-order valence-corrected chi connectivity index (χ1v) is 12.8. The van der Waals surface area contributed by atoms with Crippen LogP contribution >= 0.6 is 11.6 Å². The van der Waals surface area contributed by atoms with Crippen molar-refractivity contribution < 1.29 is 13.2 Å². The number of carbonyl (C=O) groups is 1. The van der Waals surface area contributed by atoms with E-state index < -0.39 is 10.0 Å². The molecule has 0 aliphatic rings. The smallest absolute Gasteiger partial charge is 0.255 e. The van der Waals surface area contributed by atoms with Crippen LogP contribution in [0.1, 0.15) is 46.0 Å². The summed E-state index contributed by atoms with van der Waals surface area (Å²) in [6.45, 7) is 7.91. The third kappa shape index (κ3) is 6.15. The molecule has 0 spiro atoms. The van der Waals surface area contributed by atoms with Gasteiger partial charge in [0.25, 0.3) is 5.91 Å². The van der Waals surface area contributed by atoms with Crippen molar-refractivity contribution in [1.82, 2.24) is 0 Å². The molecule has 33 heavy (non-hydrogen) atoms. The highest BCUT2D eigenvalue weighted by Gasteiger charge is 2.22. The number of halogens is 1. The molecule has 0 aliphatic heterocycles. The number of amides is 1. The zero-order valence-corrected chi connectivity index (χ0v) is 20.9. The molecule has 0 aliphatic carbocycles. The fourth-order valence-corrected chi connectivity index (χ4v) is 5.14. The third-order valence-corrected chi connectivity index (χ3v) is 7.74. The third-order valence-electron chi connectivity index (χ3n) is 5.57. The van der Waals surface area contributed by atoms with Gasteiger partial charge in [-0.25, -0.2) is 8.42 Å². The number of carbonyl (C=O) groups excluding carboxylic acids is 1. The lowest BCUT2D eigenvalue weighted by atomic mass is 10.1. The maximum atomic E-state index is 13.0. The van der Waals surface area contributed by atoms with Gasteiger partial charge in [0.15, 0.2) is 0 Å². The molecule has 0 bridgehead atoms. The van der Waals surface area contributed by atoms with E-state index in [-0.39, 0.29) is 18.2 Å². The summed E-state index contributed by atoms with van der Waals surface area (Å²) in [4.78, 5) is 12.7. The molecule has 3 rings (SSSR count). The standard InChI is InChI=1S/C26H29ClN2O3S/c1-5-14-33(31,32)29(24-13-7-18(2)20(4)15-24)17-21-8-10-22(11-9-21)26(30)28-25-16-23(27)12-6-19(25)3/h6-13,15-16H,5,14,17H2,1-4H3,(H,28,30). The van der Waals surface area contributed by atoms with Gasteiger partial charge in [0.2, 0.25) is 10.0 Å². The van der Waals surface area contributed by atoms with E-state index in [2.05, 4.69) is 5.32 Å². The van der Waals surface area contributed by atoms with Crippen LogP contribution in [0.4, 0.5) is 11.4 Å². The summed E-state index contributed by atoms with van der Waals surface area (Å²) in [5.74, 6) is -0.184. The first kappa shape index (κ1) is 24.8. The highest BCUT2D eigenvalue weighted by molar-refractivity contribution is 7.92. The molecule has 0 saturated carbocycles. The number of hydrogen-bond donors (Lipinski definition) is 1. The minimum Gasteiger partial charge on any atom is -0.322 e. The Balaban J connectivity index is 1.83. The fourth-order valence-electron chi connectivity index (χ4n) is 3.45. The van der Waals surface area contributed by atoms with Gasteiger partial charge < -0.3 is 5.32 Å². The minimum absolute atomic E-state index is 0.0688. The first-order valence-electron chi connectivity index (χ1n) is 10.8. The molecule has 0 saturated heterocycles. The number of hydrogen-bond acceptors (Lipinski definition) is 3. The Kier molecular flexibility index (Phi) is 7.82. The Morgan fingerprint density at radius 3 is 2.21 bits per heavy atom. The van der Waals surface area contributed by atoms with Crippen molar-refractivity contribution in [3.05, 3.63) is 93.5 Å². The fraction of sp³-hybridized carbons (Fsp3) is 0.269. The van der Waals surface area contributed by atoms with E-state index >= 15 is 0 Å². The van der Waals surface area contributed by atoms with E-state index in [4.69, 9.17) is 11.6 Å². The number of benzene rings is 3. The Labute approximate surface area is 201 Å². The maximum Gasteiger partial charge on any atom is 0.255 e. The highest BCUT2D eigenvalue weighted by atomic mass is 35.5. The topological polar surface area (TPSA) is 66.5 Å². The summed E-state index contributed by atoms with van der Waals surface area (Å²) >= 11 is 6.04. The van der Waals surface area contributed by atoms with E-state index in [9.17, 15) is 13.2 Å². The van der Waals surface area contributed by atoms with Gasteiger partial charge in [-0.05, 0) is 85.8 Å². The normalized spacial score (nSPS) is 11.3. The largest absolute Gasteiger partial charge is 0.322 e. The molecule has 0 heterocycles. The van der Waals surface area contributed by atoms with Crippen molar-refractivity contribution in [1.29, 1.82) is 0 Å². The van der Waals surface area contributed by atoms with E-state index in [1.165, 1.54) is 4.31 Å². The van der Waals surface area contributed by atoms with Crippen molar-refractivity contribution in [2.45, 2.75) is 40.7 Å². The molecule has 0 atom stereocenters. The Morgan fingerprint density at radius 2 is 1.58 bits per heavy atom. The summed E-state index contributed by atoms with van der Waals surface area (Å²) < 4.78 is 27.5. The average molecular weight is 485 g/mol. The molecular formula is C26H29ClN2O3S. The van der Waals surface area contributed by atoms with Crippen LogP contribution in [0.25, 0.3) is 0 Å². The summed E-state index contributed by atoms with van der Waals surface area (Å²) in [5.41, 5.74) is 5.63. The van der Waals surface area contributed by atoms with Crippen molar-refractivity contribution in [2.75, 3.05) is 15.4 Å². The maximum absolute atomic E-state index is 13.0. The summed E-state index contributed by atoms with van der Waals surface area (Å²) in [6.07, 6.45) is 0.533. The van der Waals surface area contributed by atoms with Gasteiger partial charge in [-0.3, -0.25) is 9.10 Å². The second-order valence-electron chi connectivity index (χ2n) is 8.20. The number of nitrogens with zero attached hydrogens (tertiary/aromatic N) is 1. The predicted octanol–water partition coefficient (Wildman–Crippen LogP) is 6.26. The second-order valence-corrected chi connectivity index (χ2v) is 10.7. The molecule has 174 valence electrons. The molecule has 7 heteroatoms. The van der Waals surface area contributed by atoms with Crippen LogP contribution in [0, 0.1) is 20.8 Å². The second kappa shape index (κ2) is 10.4. The molecule has 1 N–H and O–H groups in total. The van der Waals surface area contributed by atoms with Gasteiger partial charge in [-0.1, -0.05) is 42.8 Å². The van der Waals surface area contributed by atoms with Crippen LogP contribution in [0.3, 0.4) is 0 Å². The Morgan fingerprint density at radius 1 is 0.909 bits per heavy atom. The summed E-state index contributed by atoms with van der Waals surface area (Å²) in [5, 5.41) is 3.42. The van der Waals surface area contributed by atoms with Crippen LogP contribution in [-0.2, 0) is 16.6 Å². The number of aryl methyl sites for hydroxylation is 3. The van der Waals surface area contributed by atoms with Crippen molar-refractivity contribution in [2.24, 2.45) is 0 Å². The van der Waals surface area contributed by atoms with Gasteiger partial charge >= 0.3 is 0 Å². The summed E-state index contributed by atoms with van der Waals surface area (Å²) in [6, 6.07) is 18.0. The number of rotatable bonds is 8. The SMILES string of the molecule is CCCS(=O)(=O)N(Cc1ccc(C(=O)Nc2cc(Cl)ccc2C)cc1)c1ccc(C)c(C)c1. The van der Waals surface area contributed by atoms with Gasteiger partial charge in [0.05, 0.1) is 18.0 Å². The van der Waals surface area contributed by atoms with Crippen molar-refractivity contribution in [3.8, 4) is 0 Å². The predicted molar refractivity (Wildman–Crippen MR) is 137 cm³/mol. The minimum atomic E-state index is -3.49. The van der Waals surface area contributed by atoms with E-state index in [0.29, 0.717) is 28.4 Å². The molecular weight excluding hydrogens is 456 g/mol. The lowest BCUT2D eigenvalue weighted by Crippen LogP contribution is -2.32. The number of anilines is 2. The van der Waals surface area contributed by atoms with E-state index in [1.54, 1.807) is 36.4 Å². The average Bonchev–Trinajstić information content (AvgIpc) is 2.77. The highest BCUT2D eigenvalue weighted by Crippen LogP contribution is 2.25. The molecule has 3 aromatic carbocycles. The van der Waals surface area contributed by atoms with E-state index in [1.807, 2.05) is 52.0 Å². The lowest BCUT2D eigenvalue weighted by molar-refractivity contribution is 0.102. The monoisotopic (exact) mass is 484 g/mol. The zero-order chi connectivity index (χ0) is 24.2. The van der Waals surface area contributed by atoms with Crippen LogP contribution in [0.2, 0.25) is 5.02 Å². The quantitative estimate of drug-likeness (QED) is 0.410. The Bertz CT molecular complexity index is 1260. The van der Waals surface area contributed by atoms with Crippen LogP contribution in [0.5, 0.6) is 0 Å². The first-order chi connectivity index (χ1) is 15.6. The molecule has 0 radical (unpaired) electrons. The molecule has 0 unspecified atom stereocenters. The van der Waals surface area contributed by atoms with Crippen molar-refractivity contribution in [3.63, 3.8) is 0 Å². The number of nitrogens with one attached hydrogen (secondary N) is 1. The van der Waals surface area contributed by atoms with Gasteiger partial charge in [0.1, 0.15) is 0 Å². The van der Waals surface area contributed by atoms with Crippen LogP contribution in [-0.4, -0.2) is 20.1 Å². The Hall–Kier alpha value is -2.83. The molecule has 0 fully saturated rings. The zero-order valence-electron chi connectivity index (χ0n) is 19.4. The summed E-state index contributed by atoms with van der Waals surface area (Å²) in [7, 11) is -3.49. The molecule has 5 nitrogen and oxygen atoms in total. The lowest BCUT2D eigenvalue weighted by Gasteiger charge is -2.25. The van der Waals surface area contributed by atoms with E-state index in [0.717, 1.165) is 22.3 Å². The van der Waals surface area contributed by atoms with Crippen LogP contribution in [0.15, 0.2) is 60.7 Å². The van der Waals surface area contributed by atoms with Gasteiger partial charge in [-0.2, -0.15) is 0 Å². The van der Waals surface area contributed by atoms with Gasteiger partial charge in [-0.15, -0.1) is 0 Å². The molecule has 1 amide bonds. The molecule has 0 aromatic heterocycles. The molecule has 3 aromatic rings. The van der Waals surface area contributed by atoms with Crippen molar-refractivity contribution >= 4 is 38.9 Å².